The molecule has 0 aliphatic heterocycles. The molecular weight excluding hydrogens is 440 g/mol. The van der Waals surface area contributed by atoms with Gasteiger partial charge < -0.3 is 24.8 Å². The smallest absolute Gasteiger partial charge is 1.00 e. The van der Waals surface area contributed by atoms with Gasteiger partial charge >= 0.3 is 158 Å². The molecule has 0 saturated carbocycles. The first kappa shape index (κ1) is 19.7. The largest absolute Gasteiger partial charge is 1.00 e. The van der Waals surface area contributed by atoms with Crippen LogP contribution in [0.5, 0.6) is 0 Å². The van der Waals surface area contributed by atoms with Gasteiger partial charge in [0.25, 0.3) is 0 Å². The Bertz CT molecular complexity index is 1090. The summed E-state index contributed by atoms with van der Waals surface area (Å²) in [6.07, 6.45) is 6.84. The molecule has 0 atom stereocenters. The van der Waals surface area contributed by atoms with Crippen molar-refractivity contribution in [2.24, 2.45) is 7.05 Å². The van der Waals surface area contributed by atoms with E-state index < -0.39 is 0 Å². The van der Waals surface area contributed by atoms with Crippen LogP contribution in [0.1, 0.15) is 28.7 Å². The maximum absolute atomic E-state index is 2.40. The van der Waals surface area contributed by atoms with Crippen molar-refractivity contribution in [3.63, 3.8) is 0 Å². The Labute approximate surface area is 181 Å². The van der Waals surface area contributed by atoms with E-state index in [-0.39, 0.29) is 24.8 Å². The number of allylic oxidation sites excluding steroid dienone is 4. The molecule has 26 heavy (non-hydrogen) atoms. The number of hydrogen-bond donors (Lipinski definition) is 0. The second kappa shape index (κ2) is 7.15. The molecule has 2 aromatic carbocycles. The van der Waals surface area contributed by atoms with E-state index in [1.165, 1.54) is 50.0 Å². The molecule has 3 aromatic rings. The molecule has 0 fully saturated rings. The van der Waals surface area contributed by atoms with Crippen molar-refractivity contribution in [1.29, 1.82) is 0 Å². The molecule has 0 spiro atoms. The van der Waals surface area contributed by atoms with Crippen molar-refractivity contribution in [2.45, 2.75) is 19.8 Å². The standard InChI is InChI=1S/C22H18N.2ClH.Zr/c1-14-11-12-19-21(20(14)15-7-3-4-8-15)18-13-16-9-5-6-10-17(16)22(18)23(19)2;;;/h3,5-7,9-12H,4,13H2,1-2H3;2*1H;/q;;;+2/p-2. The summed E-state index contributed by atoms with van der Waals surface area (Å²) in [5.74, 6) is 0. The van der Waals surface area contributed by atoms with Crippen molar-refractivity contribution >= 4 is 16.5 Å². The number of hydrogen-bond acceptors (Lipinski definition) is 0. The van der Waals surface area contributed by atoms with Crippen molar-refractivity contribution in [2.75, 3.05) is 0 Å². The van der Waals surface area contributed by atoms with Gasteiger partial charge in [-0.3, -0.25) is 0 Å². The van der Waals surface area contributed by atoms with E-state index in [0.717, 1.165) is 12.8 Å². The van der Waals surface area contributed by atoms with E-state index in [2.05, 4.69) is 67.1 Å². The maximum Gasteiger partial charge on any atom is -1.00 e. The average Bonchev–Trinajstić information content (AvgIpc) is 3.23. The summed E-state index contributed by atoms with van der Waals surface area (Å²) in [5, 5.41) is 1.48. The van der Waals surface area contributed by atoms with Crippen molar-refractivity contribution in [3.8, 4) is 11.3 Å². The van der Waals surface area contributed by atoms with Crippen LogP contribution in [0, 0.1) is 6.92 Å². The molecule has 5 rings (SSSR count). The molecule has 1 aromatic heterocycles. The van der Waals surface area contributed by atoms with E-state index in [9.17, 15) is 0 Å². The van der Waals surface area contributed by atoms with Gasteiger partial charge in [0.05, 0.1) is 0 Å². The molecule has 4 heteroatoms. The summed E-state index contributed by atoms with van der Waals surface area (Å²) < 4.78 is 3.98. The third-order valence-corrected chi connectivity index (χ3v) is 6.68. The first-order valence-corrected chi connectivity index (χ1v) is 9.70. The first-order chi connectivity index (χ1) is 11.7. The SMILES string of the molecule is Cc1ccc2c(c3c(n2C)-c2ccccc2C3)c1C1=[C]([Zr+2])CC=C1.[Cl-].[Cl-]. The molecule has 1 heterocycles. The monoisotopic (exact) mass is 456 g/mol. The summed E-state index contributed by atoms with van der Waals surface area (Å²) in [7, 11) is 2.22. The van der Waals surface area contributed by atoms with Gasteiger partial charge in [0.15, 0.2) is 0 Å². The third-order valence-electron chi connectivity index (χ3n) is 5.52. The zero-order chi connectivity index (χ0) is 16.4. The molecule has 2 aliphatic carbocycles. The minimum Gasteiger partial charge on any atom is -1.00 e. The van der Waals surface area contributed by atoms with E-state index in [0.29, 0.717) is 0 Å². The van der Waals surface area contributed by atoms with Gasteiger partial charge in [0.2, 0.25) is 0 Å². The Kier molecular flexibility index (Phi) is 5.41. The molecule has 0 N–H and O–H groups in total. The van der Waals surface area contributed by atoms with Crippen LogP contribution in [0.4, 0.5) is 0 Å². The quantitative estimate of drug-likeness (QED) is 0.355. The van der Waals surface area contributed by atoms with Crippen LogP contribution in [0.2, 0.25) is 0 Å². The molecule has 0 saturated heterocycles. The number of halogens is 2. The molecular formula is C22H18Cl2NZr. The van der Waals surface area contributed by atoms with Gasteiger partial charge in [-0.2, -0.15) is 0 Å². The third kappa shape index (κ3) is 2.61. The van der Waals surface area contributed by atoms with Crippen LogP contribution in [0.25, 0.3) is 27.7 Å². The van der Waals surface area contributed by atoms with Crippen LogP contribution >= 0.6 is 0 Å². The molecule has 0 amide bonds. The summed E-state index contributed by atoms with van der Waals surface area (Å²) >= 11 is 1.54. The summed E-state index contributed by atoms with van der Waals surface area (Å²) in [5.41, 5.74) is 11.5. The number of benzene rings is 2. The number of aryl methyl sites for hydroxylation is 2. The van der Waals surface area contributed by atoms with Crippen LogP contribution < -0.4 is 24.8 Å². The average molecular weight is 459 g/mol. The molecule has 0 bridgehead atoms. The Morgan fingerprint density at radius 3 is 2.54 bits per heavy atom. The van der Waals surface area contributed by atoms with E-state index in [1.54, 1.807) is 28.0 Å². The Hall–Kier alpha value is -1.08. The fourth-order valence-electron chi connectivity index (χ4n) is 4.42. The molecule has 129 valence electrons. The fraction of sp³-hybridized carbons (Fsp3) is 0.182. The maximum atomic E-state index is 2.40. The summed E-state index contributed by atoms with van der Waals surface area (Å²) in [6, 6.07) is 13.5. The molecule has 0 unspecified atom stereocenters. The number of aromatic nitrogens is 1. The number of nitrogens with zero attached hydrogens (tertiary/aromatic N) is 1. The van der Waals surface area contributed by atoms with Crippen molar-refractivity contribution < 1.29 is 49.5 Å². The first-order valence-electron chi connectivity index (χ1n) is 8.47. The minimum absolute atomic E-state index is 0. The second-order valence-corrected chi connectivity index (χ2v) is 8.35. The normalized spacial score (nSPS) is 14.3. The van der Waals surface area contributed by atoms with Crippen LogP contribution in [0.3, 0.4) is 0 Å². The van der Waals surface area contributed by atoms with E-state index in [1.807, 2.05) is 0 Å². The Morgan fingerprint density at radius 1 is 1.04 bits per heavy atom. The summed E-state index contributed by atoms with van der Waals surface area (Å²) in [6.45, 7) is 2.26. The fourth-order valence-corrected chi connectivity index (χ4v) is 5.22. The topological polar surface area (TPSA) is 4.93 Å². The summed E-state index contributed by atoms with van der Waals surface area (Å²) in [4.78, 5) is 0. The van der Waals surface area contributed by atoms with E-state index >= 15 is 0 Å². The van der Waals surface area contributed by atoms with Gasteiger partial charge in [-0.25, -0.2) is 0 Å². The zero-order valence-corrected chi connectivity index (χ0v) is 18.7. The Balaban J connectivity index is 0.000000980. The number of fused-ring (bicyclic) bond motifs is 5. The minimum atomic E-state index is 0. The van der Waals surface area contributed by atoms with Gasteiger partial charge in [-0.05, 0) is 0 Å². The zero-order valence-electron chi connectivity index (χ0n) is 14.7. The van der Waals surface area contributed by atoms with Gasteiger partial charge in [-0.1, -0.05) is 0 Å². The van der Waals surface area contributed by atoms with Crippen molar-refractivity contribution in [1.82, 2.24) is 4.57 Å². The van der Waals surface area contributed by atoms with Gasteiger partial charge in [-0.15, -0.1) is 0 Å². The predicted molar refractivity (Wildman–Crippen MR) is 96.6 cm³/mol. The molecule has 0 radical (unpaired) electrons. The Morgan fingerprint density at radius 2 is 1.81 bits per heavy atom. The van der Waals surface area contributed by atoms with Gasteiger partial charge in [0, 0.05) is 0 Å². The van der Waals surface area contributed by atoms with Crippen LogP contribution in [0.15, 0.2) is 51.8 Å². The van der Waals surface area contributed by atoms with Crippen LogP contribution in [-0.2, 0) is 38.2 Å². The van der Waals surface area contributed by atoms with E-state index in [4.69, 9.17) is 0 Å². The van der Waals surface area contributed by atoms with Gasteiger partial charge in [0.1, 0.15) is 0 Å². The number of rotatable bonds is 1. The van der Waals surface area contributed by atoms with Crippen LogP contribution in [-0.4, -0.2) is 4.57 Å². The predicted octanol–water partition coefficient (Wildman–Crippen LogP) is -0.716. The van der Waals surface area contributed by atoms with Crippen molar-refractivity contribution in [3.05, 3.63) is 74.1 Å². The second-order valence-electron chi connectivity index (χ2n) is 6.87. The molecule has 1 nitrogen and oxygen atoms in total. The molecule has 2 aliphatic rings.